The lowest BCUT2D eigenvalue weighted by atomic mass is 10.5. The van der Waals surface area contributed by atoms with E-state index >= 15 is 0 Å². The van der Waals surface area contributed by atoms with Gasteiger partial charge in [-0.05, 0) is 6.07 Å². The van der Waals surface area contributed by atoms with Gasteiger partial charge in [0.15, 0.2) is 6.29 Å². The third kappa shape index (κ3) is 2.59. The molecule has 0 saturated carbocycles. The van der Waals surface area contributed by atoms with Crippen LogP contribution in [0.3, 0.4) is 0 Å². The van der Waals surface area contributed by atoms with Gasteiger partial charge in [-0.2, -0.15) is 4.31 Å². The van der Waals surface area contributed by atoms with Crippen LogP contribution < -0.4 is 0 Å². The van der Waals surface area contributed by atoms with Crippen molar-refractivity contribution in [3.8, 4) is 0 Å². The molecule has 0 unspecified atom stereocenters. The van der Waals surface area contributed by atoms with Gasteiger partial charge < -0.3 is 9.30 Å². The molecule has 0 spiro atoms. The van der Waals surface area contributed by atoms with E-state index in [4.69, 9.17) is 0 Å². The summed E-state index contributed by atoms with van der Waals surface area (Å²) in [5, 5.41) is 0. The first kappa shape index (κ1) is 14.4. The van der Waals surface area contributed by atoms with E-state index < -0.39 is 22.5 Å². The molecule has 0 saturated heterocycles. The molecule has 8 heteroatoms. The summed E-state index contributed by atoms with van der Waals surface area (Å²) < 4.78 is 30.9. The van der Waals surface area contributed by atoms with Gasteiger partial charge in [0.25, 0.3) is 0 Å². The number of aryl methyl sites for hydroxylation is 1. The number of sulfonamides is 1. The van der Waals surface area contributed by atoms with Crippen molar-refractivity contribution in [2.24, 2.45) is 7.05 Å². The number of esters is 1. The minimum atomic E-state index is -3.89. The number of aldehydes is 1. The number of carbonyl (C=O) groups is 2. The van der Waals surface area contributed by atoms with Gasteiger partial charge in [0.1, 0.15) is 17.1 Å². The summed E-state index contributed by atoms with van der Waals surface area (Å²) in [6.07, 6.45) is 1.92. The first-order chi connectivity index (χ1) is 8.34. The first-order valence-corrected chi connectivity index (χ1v) is 6.42. The van der Waals surface area contributed by atoms with Crippen molar-refractivity contribution in [1.29, 1.82) is 0 Å². The summed E-state index contributed by atoms with van der Waals surface area (Å²) in [6, 6.07) is 1.31. The molecule has 0 amide bonds. The molecule has 0 aliphatic carbocycles. The van der Waals surface area contributed by atoms with E-state index in [0.717, 1.165) is 4.31 Å². The normalized spacial score (nSPS) is 11.6. The molecule has 18 heavy (non-hydrogen) atoms. The number of ether oxygens (including phenoxy) is 1. The number of carbonyl (C=O) groups excluding carboxylic acids is 2. The third-order valence-electron chi connectivity index (χ3n) is 2.46. The average Bonchev–Trinajstić information content (AvgIpc) is 2.70. The Morgan fingerprint density at radius 2 is 2.17 bits per heavy atom. The second kappa shape index (κ2) is 5.32. The molecule has 0 atom stereocenters. The summed E-state index contributed by atoms with van der Waals surface area (Å²) >= 11 is 0. The Morgan fingerprint density at radius 1 is 1.56 bits per heavy atom. The number of methoxy groups -OCH3 is 1. The molecule has 0 aliphatic heterocycles. The van der Waals surface area contributed by atoms with Crippen molar-refractivity contribution in [3.63, 3.8) is 0 Å². The molecule has 0 N–H and O–H groups in total. The third-order valence-corrected chi connectivity index (χ3v) is 4.31. The van der Waals surface area contributed by atoms with Crippen molar-refractivity contribution in [2.75, 3.05) is 20.7 Å². The fourth-order valence-corrected chi connectivity index (χ4v) is 2.68. The molecular weight excluding hydrogens is 260 g/mol. The van der Waals surface area contributed by atoms with Gasteiger partial charge in [-0.15, -0.1) is 0 Å². The lowest BCUT2D eigenvalue weighted by Gasteiger charge is -2.15. The molecule has 0 aliphatic rings. The molecule has 0 radical (unpaired) electrons. The van der Waals surface area contributed by atoms with Gasteiger partial charge in [0.05, 0.1) is 7.11 Å². The molecule has 100 valence electrons. The molecule has 0 fully saturated rings. The van der Waals surface area contributed by atoms with Crippen LogP contribution in [0, 0.1) is 0 Å². The van der Waals surface area contributed by atoms with Crippen LogP contribution in [0.5, 0.6) is 0 Å². The van der Waals surface area contributed by atoms with E-state index in [1.165, 1.54) is 31.0 Å². The molecule has 1 aromatic heterocycles. The molecule has 0 bridgehead atoms. The Balaban J connectivity index is 3.13. The predicted molar refractivity (Wildman–Crippen MR) is 62.6 cm³/mol. The molecule has 1 rings (SSSR count). The van der Waals surface area contributed by atoms with Crippen LogP contribution in [-0.4, -0.2) is 50.2 Å². The highest BCUT2D eigenvalue weighted by Crippen LogP contribution is 2.18. The van der Waals surface area contributed by atoms with E-state index in [9.17, 15) is 18.0 Å². The maximum Gasteiger partial charge on any atom is 0.321 e. The number of nitrogens with zero attached hydrogens (tertiary/aromatic N) is 2. The minimum absolute atomic E-state index is 0.0340. The highest BCUT2D eigenvalue weighted by atomic mass is 32.2. The van der Waals surface area contributed by atoms with E-state index in [0.29, 0.717) is 6.29 Å². The second-order valence-electron chi connectivity index (χ2n) is 3.63. The summed E-state index contributed by atoms with van der Waals surface area (Å²) in [7, 11) is 0.0856. The maximum atomic E-state index is 12.1. The summed E-state index contributed by atoms with van der Waals surface area (Å²) in [5.74, 6) is -0.676. The lowest BCUT2D eigenvalue weighted by molar-refractivity contribution is -0.140. The monoisotopic (exact) mass is 274 g/mol. The SMILES string of the molecule is COC(=O)CN(C)S(=O)(=O)c1ccn(C)c1C=O. The molecule has 0 aromatic carbocycles. The smallest absolute Gasteiger partial charge is 0.321 e. The van der Waals surface area contributed by atoms with Crippen molar-refractivity contribution >= 4 is 22.3 Å². The Hall–Kier alpha value is -1.67. The number of likely N-dealkylation sites (N-methyl/N-ethyl adjacent to an activating group) is 1. The van der Waals surface area contributed by atoms with Crippen LogP contribution in [-0.2, 0) is 26.6 Å². The van der Waals surface area contributed by atoms with Crippen LogP contribution >= 0.6 is 0 Å². The van der Waals surface area contributed by atoms with Gasteiger partial charge in [0.2, 0.25) is 10.0 Å². The van der Waals surface area contributed by atoms with Crippen molar-refractivity contribution in [2.45, 2.75) is 4.90 Å². The van der Waals surface area contributed by atoms with Gasteiger partial charge in [-0.1, -0.05) is 0 Å². The molecule has 7 nitrogen and oxygen atoms in total. The van der Waals surface area contributed by atoms with Crippen LogP contribution in [0.4, 0.5) is 0 Å². The van der Waals surface area contributed by atoms with Gasteiger partial charge in [-0.3, -0.25) is 9.59 Å². The minimum Gasteiger partial charge on any atom is -0.468 e. The topological polar surface area (TPSA) is 85.7 Å². The average molecular weight is 274 g/mol. The van der Waals surface area contributed by atoms with Crippen LogP contribution in [0.2, 0.25) is 0 Å². The molecule has 1 aromatic rings. The van der Waals surface area contributed by atoms with Gasteiger partial charge in [0, 0.05) is 20.3 Å². The fourth-order valence-electron chi connectivity index (χ4n) is 1.38. The zero-order valence-electron chi connectivity index (χ0n) is 10.3. The number of hydrogen-bond donors (Lipinski definition) is 0. The van der Waals surface area contributed by atoms with E-state index in [1.54, 1.807) is 7.05 Å². The predicted octanol–water partition coefficient (Wildman–Crippen LogP) is -0.369. The summed E-state index contributed by atoms with van der Waals surface area (Å²) in [5.41, 5.74) is 0.0340. The Kier molecular flexibility index (Phi) is 4.25. The first-order valence-electron chi connectivity index (χ1n) is 4.98. The zero-order valence-corrected chi connectivity index (χ0v) is 11.1. The van der Waals surface area contributed by atoms with Crippen LogP contribution in [0.15, 0.2) is 17.2 Å². The quantitative estimate of drug-likeness (QED) is 0.540. The van der Waals surface area contributed by atoms with E-state index in [1.807, 2.05) is 0 Å². The fraction of sp³-hybridized carbons (Fsp3) is 0.400. The Bertz CT molecular complexity index is 561. The molecule has 1 heterocycles. The highest BCUT2D eigenvalue weighted by molar-refractivity contribution is 7.89. The maximum absolute atomic E-state index is 12.1. The Labute approximate surface area is 105 Å². The Morgan fingerprint density at radius 3 is 2.67 bits per heavy atom. The van der Waals surface area contributed by atoms with Gasteiger partial charge >= 0.3 is 5.97 Å². The molecular formula is C10H14N2O5S. The van der Waals surface area contributed by atoms with E-state index in [2.05, 4.69) is 4.74 Å². The standard InChI is InChI=1S/C10H14N2O5S/c1-11-5-4-9(8(11)7-13)18(15,16)12(2)6-10(14)17-3/h4-5,7H,6H2,1-3H3. The van der Waals surface area contributed by atoms with Crippen molar-refractivity contribution < 1.29 is 22.7 Å². The summed E-state index contributed by atoms with van der Waals surface area (Å²) in [4.78, 5) is 21.8. The number of rotatable bonds is 5. The summed E-state index contributed by atoms with van der Waals surface area (Å²) in [6.45, 7) is -0.411. The van der Waals surface area contributed by atoms with E-state index in [-0.39, 0.29) is 10.6 Å². The van der Waals surface area contributed by atoms with Crippen molar-refractivity contribution in [1.82, 2.24) is 8.87 Å². The van der Waals surface area contributed by atoms with Crippen molar-refractivity contribution in [3.05, 3.63) is 18.0 Å². The highest BCUT2D eigenvalue weighted by Gasteiger charge is 2.27. The van der Waals surface area contributed by atoms with Gasteiger partial charge in [-0.25, -0.2) is 8.42 Å². The zero-order chi connectivity index (χ0) is 13.9. The number of hydrogen-bond acceptors (Lipinski definition) is 5. The number of aromatic nitrogens is 1. The van der Waals surface area contributed by atoms with Crippen LogP contribution in [0.1, 0.15) is 10.5 Å². The lowest BCUT2D eigenvalue weighted by Crippen LogP contribution is -2.33. The largest absolute Gasteiger partial charge is 0.468 e. The second-order valence-corrected chi connectivity index (χ2v) is 5.64. The van der Waals surface area contributed by atoms with Crippen LogP contribution in [0.25, 0.3) is 0 Å².